The van der Waals surface area contributed by atoms with E-state index in [2.05, 4.69) is 28.7 Å². The van der Waals surface area contributed by atoms with Gasteiger partial charge in [0.25, 0.3) is 0 Å². The number of carbonyl (C=O) groups excluding carboxylic acids is 2. The maximum absolute atomic E-state index is 10.7. The Morgan fingerprint density at radius 3 is 2.05 bits per heavy atom. The van der Waals surface area contributed by atoms with Crippen LogP contribution in [-0.4, -0.2) is 39.4 Å². The number of rotatable bonds is 6. The number of ether oxygens (including phenoxy) is 3. The standard InChI is InChI=1S/C8H12O3.C6H9O2.Y/c1-4-5-11-6-7(2)8(9)10-3;1-5(2)4-6(7)8-3;/h4H,1-2,5-6H2,3H3;1-3H3;/q;-1;. The largest absolute Gasteiger partial charge is 0.493 e. The normalized spacial score (nSPS) is 8.00. The molecule has 0 atom stereocenters. The fourth-order valence-electron chi connectivity index (χ4n) is 0.724. The molecule has 0 N–H and O–H groups in total. The molecule has 0 aromatic carbocycles. The van der Waals surface area contributed by atoms with E-state index in [0.29, 0.717) is 12.2 Å². The quantitative estimate of drug-likeness (QED) is 0.238. The Kier molecular flexibility index (Phi) is 19.7. The van der Waals surface area contributed by atoms with Crippen molar-refractivity contribution in [2.75, 3.05) is 27.4 Å². The van der Waals surface area contributed by atoms with E-state index in [4.69, 9.17) is 4.74 Å². The molecule has 0 aliphatic heterocycles. The van der Waals surface area contributed by atoms with Gasteiger partial charge in [-0.1, -0.05) is 26.5 Å². The van der Waals surface area contributed by atoms with E-state index in [1.54, 1.807) is 19.9 Å². The van der Waals surface area contributed by atoms with Gasteiger partial charge in [0.15, 0.2) is 0 Å². The van der Waals surface area contributed by atoms with Crippen LogP contribution in [0.5, 0.6) is 0 Å². The van der Waals surface area contributed by atoms with Crippen molar-refractivity contribution in [3.8, 4) is 0 Å². The third kappa shape index (κ3) is 17.2. The zero-order chi connectivity index (χ0) is 15.3. The Morgan fingerprint density at radius 2 is 1.75 bits per heavy atom. The van der Waals surface area contributed by atoms with E-state index in [1.165, 1.54) is 14.2 Å². The van der Waals surface area contributed by atoms with Crippen LogP contribution in [-0.2, 0) is 56.5 Å². The molecule has 0 aliphatic carbocycles. The van der Waals surface area contributed by atoms with Crippen molar-refractivity contribution in [3.05, 3.63) is 36.5 Å². The molecule has 6 heteroatoms. The first-order valence-corrected chi connectivity index (χ1v) is 5.48. The zero-order valence-corrected chi connectivity index (χ0v) is 15.4. The molecule has 0 amide bonds. The summed E-state index contributed by atoms with van der Waals surface area (Å²) >= 11 is 0. The van der Waals surface area contributed by atoms with Gasteiger partial charge in [0.05, 0.1) is 33.0 Å². The first-order valence-electron chi connectivity index (χ1n) is 5.48. The van der Waals surface area contributed by atoms with Gasteiger partial charge >= 0.3 is 5.97 Å². The minimum absolute atomic E-state index is 0. The van der Waals surface area contributed by atoms with Gasteiger partial charge in [-0.05, 0) is 0 Å². The first-order chi connectivity index (χ1) is 8.88. The second kappa shape index (κ2) is 16.3. The molecular weight excluding hydrogens is 337 g/mol. The van der Waals surface area contributed by atoms with Crippen LogP contribution in [0.3, 0.4) is 0 Å². The van der Waals surface area contributed by atoms with Crippen molar-refractivity contribution in [3.63, 3.8) is 0 Å². The number of hydrogen-bond donors (Lipinski definition) is 0. The van der Waals surface area contributed by atoms with Crippen LogP contribution >= 0.6 is 0 Å². The predicted octanol–water partition coefficient (Wildman–Crippen LogP) is 1.84. The molecule has 111 valence electrons. The summed E-state index contributed by atoms with van der Waals surface area (Å²) in [5.74, 6) is -0.848. The van der Waals surface area contributed by atoms with Crippen LogP contribution in [0.15, 0.2) is 30.4 Å². The van der Waals surface area contributed by atoms with Gasteiger partial charge in [-0.25, -0.2) is 4.79 Å². The van der Waals surface area contributed by atoms with Crippen molar-refractivity contribution in [1.82, 2.24) is 0 Å². The molecule has 0 unspecified atom stereocenters. The number of allylic oxidation sites excluding steroid dienone is 1. The maximum atomic E-state index is 10.7. The molecule has 0 saturated carbocycles. The van der Waals surface area contributed by atoms with Gasteiger partial charge in [0.2, 0.25) is 0 Å². The monoisotopic (exact) mass is 358 g/mol. The SMILES string of the molecule is C=CCOCC(=C)C(=O)OC.COC(=O)[C-]=C(C)C.[Y]. The summed E-state index contributed by atoms with van der Waals surface area (Å²) in [6.45, 7) is 11.1. The summed E-state index contributed by atoms with van der Waals surface area (Å²) < 4.78 is 13.6. The molecule has 5 nitrogen and oxygen atoms in total. The Morgan fingerprint density at radius 1 is 1.20 bits per heavy atom. The summed E-state index contributed by atoms with van der Waals surface area (Å²) in [6, 6.07) is 0. The average molecular weight is 358 g/mol. The van der Waals surface area contributed by atoms with Gasteiger partial charge in [-0.2, -0.15) is 0 Å². The molecule has 1 radical (unpaired) electrons. The topological polar surface area (TPSA) is 61.8 Å². The van der Waals surface area contributed by atoms with Crippen LogP contribution in [0.2, 0.25) is 0 Å². The van der Waals surface area contributed by atoms with Gasteiger partial charge in [0.1, 0.15) is 5.97 Å². The second-order valence-corrected chi connectivity index (χ2v) is 3.52. The third-order valence-electron chi connectivity index (χ3n) is 1.52. The van der Waals surface area contributed by atoms with E-state index in [1.807, 2.05) is 0 Å². The minimum atomic E-state index is -0.436. The smallest absolute Gasteiger partial charge is 0.335 e. The number of hydrogen-bond acceptors (Lipinski definition) is 5. The fraction of sp³-hybridized carbons (Fsp3) is 0.429. The number of esters is 2. The Bertz CT molecular complexity index is 343. The van der Waals surface area contributed by atoms with Crippen LogP contribution < -0.4 is 0 Å². The van der Waals surface area contributed by atoms with Crippen LogP contribution in [0.4, 0.5) is 0 Å². The molecule has 0 aromatic rings. The molecule has 20 heavy (non-hydrogen) atoms. The van der Waals surface area contributed by atoms with Crippen LogP contribution in [0.1, 0.15) is 13.8 Å². The molecule has 0 bridgehead atoms. The van der Waals surface area contributed by atoms with Crippen LogP contribution in [0, 0.1) is 6.08 Å². The Balaban J connectivity index is -0.000000288. The first kappa shape index (κ1) is 24.3. The number of carbonyl (C=O) groups is 2. The van der Waals surface area contributed by atoms with Gasteiger partial charge in [-0.3, -0.25) is 10.4 Å². The summed E-state index contributed by atoms with van der Waals surface area (Å²) in [5.41, 5.74) is 1.14. The maximum Gasteiger partial charge on any atom is 0.335 e. The van der Waals surface area contributed by atoms with Crippen molar-refractivity contribution >= 4 is 11.9 Å². The van der Waals surface area contributed by atoms with E-state index < -0.39 is 11.9 Å². The number of methoxy groups -OCH3 is 2. The summed E-state index contributed by atoms with van der Waals surface area (Å²) in [5, 5.41) is 0. The molecular formula is C14H21O5Y-. The van der Waals surface area contributed by atoms with E-state index in [0.717, 1.165) is 5.57 Å². The molecule has 0 saturated heterocycles. The third-order valence-corrected chi connectivity index (χ3v) is 1.52. The second-order valence-electron chi connectivity index (χ2n) is 3.52. The summed E-state index contributed by atoms with van der Waals surface area (Å²) in [4.78, 5) is 20.9. The van der Waals surface area contributed by atoms with E-state index in [-0.39, 0.29) is 39.3 Å². The minimum Gasteiger partial charge on any atom is -0.493 e. The fourth-order valence-corrected chi connectivity index (χ4v) is 0.724. The Labute approximate surface area is 145 Å². The molecule has 0 heterocycles. The molecule has 0 rings (SSSR count). The van der Waals surface area contributed by atoms with Gasteiger partial charge < -0.3 is 20.3 Å². The van der Waals surface area contributed by atoms with Crippen molar-refractivity contribution in [2.45, 2.75) is 13.8 Å². The van der Waals surface area contributed by atoms with E-state index >= 15 is 0 Å². The molecule has 0 aromatic heterocycles. The summed E-state index contributed by atoms with van der Waals surface area (Å²) in [7, 11) is 2.64. The van der Waals surface area contributed by atoms with Gasteiger partial charge in [-0.15, -0.1) is 6.58 Å². The van der Waals surface area contributed by atoms with Crippen molar-refractivity contribution in [2.24, 2.45) is 0 Å². The molecule has 0 aliphatic rings. The van der Waals surface area contributed by atoms with Crippen molar-refractivity contribution < 1.29 is 56.5 Å². The average Bonchev–Trinajstić information content (AvgIpc) is 2.37. The Hall–Kier alpha value is -0.776. The summed E-state index contributed by atoms with van der Waals surface area (Å²) in [6.07, 6.45) is 4.05. The van der Waals surface area contributed by atoms with Crippen LogP contribution in [0.25, 0.3) is 0 Å². The predicted molar refractivity (Wildman–Crippen MR) is 72.3 cm³/mol. The molecule has 0 spiro atoms. The zero-order valence-electron chi connectivity index (χ0n) is 12.5. The van der Waals surface area contributed by atoms with Crippen molar-refractivity contribution in [1.29, 1.82) is 0 Å². The molecule has 0 fully saturated rings. The van der Waals surface area contributed by atoms with Gasteiger partial charge in [0, 0.05) is 32.7 Å². The van der Waals surface area contributed by atoms with E-state index in [9.17, 15) is 9.59 Å².